The average molecular weight is 268 g/mol. The van der Waals surface area contributed by atoms with Gasteiger partial charge in [-0.15, -0.1) is 0 Å². The van der Waals surface area contributed by atoms with E-state index in [1.165, 1.54) is 19.3 Å². The summed E-state index contributed by atoms with van der Waals surface area (Å²) in [5.74, 6) is 1.58. The van der Waals surface area contributed by atoms with Crippen LogP contribution in [0.2, 0.25) is 0 Å². The molecule has 0 aromatic heterocycles. The van der Waals surface area contributed by atoms with Crippen LogP contribution in [-0.2, 0) is 4.79 Å². The van der Waals surface area contributed by atoms with E-state index in [9.17, 15) is 4.79 Å². The third-order valence-electron chi connectivity index (χ3n) is 4.90. The number of carbonyl (C=O) groups is 1. The highest BCUT2D eigenvalue weighted by atomic mass is 16.2. The Bertz CT molecular complexity index is 276. The van der Waals surface area contributed by atoms with Gasteiger partial charge in [-0.25, -0.2) is 0 Å². The number of hydrogen-bond donors (Lipinski definition) is 2. The average Bonchev–Trinajstić information content (AvgIpc) is 2.40. The van der Waals surface area contributed by atoms with Crippen LogP contribution in [0.5, 0.6) is 0 Å². The molecule has 3 nitrogen and oxygen atoms in total. The van der Waals surface area contributed by atoms with E-state index in [-0.39, 0.29) is 11.9 Å². The van der Waals surface area contributed by atoms with E-state index >= 15 is 0 Å². The Hall–Kier alpha value is -0.570. The molecule has 1 fully saturated rings. The van der Waals surface area contributed by atoms with Gasteiger partial charge in [0.25, 0.3) is 0 Å². The summed E-state index contributed by atoms with van der Waals surface area (Å²) in [6, 6.07) is 0.726. The van der Waals surface area contributed by atoms with Crippen molar-refractivity contribution < 1.29 is 4.79 Å². The summed E-state index contributed by atoms with van der Waals surface area (Å²) in [5.41, 5.74) is 0. The summed E-state index contributed by atoms with van der Waals surface area (Å²) in [5, 5.41) is 6.67. The summed E-state index contributed by atoms with van der Waals surface area (Å²) < 4.78 is 0. The fourth-order valence-corrected chi connectivity index (χ4v) is 3.03. The predicted molar refractivity (Wildman–Crippen MR) is 81.1 cm³/mol. The Morgan fingerprint density at radius 1 is 1.21 bits per heavy atom. The molecule has 1 saturated carbocycles. The Balaban J connectivity index is 2.44. The van der Waals surface area contributed by atoms with Gasteiger partial charge in [0.2, 0.25) is 5.91 Å². The van der Waals surface area contributed by atoms with Crippen molar-refractivity contribution in [1.29, 1.82) is 0 Å². The van der Waals surface area contributed by atoms with E-state index in [0.717, 1.165) is 18.8 Å². The molecule has 1 amide bonds. The summed E-state index contributed by atoms with van der Waals surface area (Å²) >= 11 is 0. The minimum Gasteiger partial charge on any atom is -0.352 e. The van der Waals surface area contributed by atoms with Gasteiger partial charge in [0.1, 0.15) is 0 Å². The van der Waals surface area contributed by atoms with Gasteiger partial charge >= 0.3 is 0 Å². The normalized spacial score (nSPS) is 29.3. The molecule has 0 radical (unpaired) electrons. The highest BCUT2D eigenvalue weighted by Crippen LogP contribution is 2.29. The van der Waals surface area contributed by atoms with Crippen molar-refractivity contribution in [3.63, 3.8) is 0 Å². The monoisotopic (exact) mass is 268 g/mol. The number of carbonyl (C=O) groups excluding carboxylic acids is 1. The molecule has 112 valence electrons. The Morgan fingerprint density at radius 2 is 1.84 bits per heavy atom. The molecule has 1 aliphatic carbocycles. The van der Waals surface area contributed by atoms with E-state index in [1.807, 2.05) is 6.92 Å². The lowest BCUT2D eigenvalue weighted by molar-refractivity contribution is -0.123. The Labute approximate surface area is 118 Å². The second-order valence-corrected chi connectivity index (χ2v) is 6.28. The molecule has 4 unspecified atom stereocenters. The van der Waals surface area contributed by atoms with Crippen LogP contribution in [0.1, 0.15) is 66.7 Å². The van der Waals surface area contributed by atoms with Crippen molar-refractivity contribution in [2.24, 2.45) is 11.8 Å². The van der Waals surface area contributed by atoms with Crippen LogP contribution in [0, 0.1) is 11.8 Å². The predicted octanol–water partition coefficient (Wildman–Crippen LogP) is 3.09. The lowest BCUT2D eigenvalue weighted by Crippen LogP contribution is -2.52. The molecule has 0 aliphatic heterocycles. The lowest BCUT2D eigenvalue weighted by Gasteiger charge is -2.36. The van der Waals surface area contributed by atoms with Gasteiger partial charge in [0, 0.05) is 12.1 Å². The quantitative estimate of drug-likeness (QED) is 0.777. The second-order valence-electron chi connectivity index (χ2n) is 6.28. The molecule has 2 N–H and O–H groups in total. The topological polar surface area (TPSA) is 41.1 Å². The zero-order valence-corrected chi connectivity index (χ0v) is 13.3. The van der Waals surface area contributed by atoms with Crippen LogP contribution in [0.3, 0.4) is 0 Å². The minimum absolute atomic E-state index is 0.0849. The molecular weight excluding hydrogens is 236 g/mol. The van der Waals surface area contributed by atoms with Crippen LogP contribution in [0.15, 0.2) is 0 Å². The molecule has 1 aliphatic rings. The first-order valence-corrected chi connectivity index (χ1v) is 8.05. The number of hydrogen-bond acceptors (Lipinski definition) is 2. The van der Waals surface area contributed by atoms with Crippen LogP contribution in [0.25, 0.3) is 0 Å². The van der Waals surface area contributed by atoms with Gasteiger partial charge in [0.05, 0.1) is 6.04 Å². The molecule has 4 atom stereocenters. The SMILES string of the molecule is CCC(CC)NC(=O)C(C)NC1CCCC(C)C1C. The first kappa shape index (κ1) is 16.5. The van der Waals surface area contributed by atoms with E-state index in [0.29, 0.717) is 18.0 Å². The molecule has 0 saturated heterocycles. The van der Waals surface area contributed by atoms with Gasteiger partial charge in [-0.2, -0.15) is 0 Å². The summed E-state index contributed by atoms with van der Waals surface area (Å²) in [4.78, 5) is 12.2. The van der Waals surface area contributed by atoms with E-state index in [4.69, 9.17) is 0 Å². The maximum atomic E-state index is 12.2. The molecule has 3 heteroatoms. The van der Waals surface area contributed by atoms with Crippen molar-refractivity contribution in [3.05, 3.63) is 0 Å². The summed E-state index contributed by atoms with van der Waals surface area (Å²) in [6.45, 7) is 10.9. The minimum atomic E-state index is -0.0849. The van der Waals surface area contributed by atoms with Crippen molar-refractivity contribution in [3.8, 4) is 0 Å². The third kappa shape index (κ3) is 4.79. The van der Waals surface area contributed by atoms with Gasteiger partial charge in [0.15, 0.2) is 0 Å². The van der Waals surface area contributed by atoms with Gasteiger partial charge < -0.3 is 10.6 Å². The zero-order chi connectivity index (χ0) is 14.4. The van der Waals surface area contributed by atoms with Crippen molar-refractivity contribution in [2.45, 2.75) is 84.8 Å². The maximum Gasteiger partial charge on any atom is 0.237 e. The molecule has 0 heterocycles. The van der Waals surface area contributed by atoms with E-state index < -0.39 is 0 Å². The Kier molecular flexibility index (Phi) is 6.84. The number of rotatable bonds is 6. The van der Waals surface area contributed by atoms with Gasteiger partial charge in [-0.05, 0) is 38.0 Å². The Morgan fingerprint density at radius 3 is 2.42 bits per heavy atom. The largest absolute Gasteiger partial charge is 0.352 e. The first-order chi connectivity index (χ1) is 8.99. The smallest absolute Gasteiger partial charge is 0.237 e. The van der Waals surface area contributed by atoms with Crippen LogP contribution in [0.4, 0.5) is 0 Å². The summed E-state index contributed by atoms with van der Waals surface area (Å²) in [6.07, 6.45) is 5.82. The van der Waals surface area contributed by atoms with Gasteiger partial charge in [-0.3, -0.25) is 4.79 Å². The molecule has 0 spiro atoms. The molecule has 0 aromatic rings. The van der Waals surface area contributed by atoms with Crippen LogP contribution in [-0.4, -0.2) is 24.0 Å². The first-order valence-electron chi connectivity index (χ1n) is 8.05. The fraction of sp³-hybridized carbons (Fsp3) is 0.938. The molecule has 0 aromatic carbocycles. The lowest BCUT2D eigenvalue weighted by atomic mass is 9.78. The highest BCUT2D eigenvalue weighted by Gasteiger charge is 2.29. The number of nitrogens with one attached hydrogen (secondary N) is 2. The van der Waals surface area contributed by atoms with Gasteiger partial charge in [-0.1, -0.05) is 40.5 Å². The zero-order valence-electron chi connectivity index (χ0n) is 13.3. The fourth-order valence-electron chi connectivity index (χ4n) is 3.03. The van der Waals surface area contributed by atoms with Crippen molar-refractivity contribution in [2.75, 3.05) is 0 Å². The van der Waals surface area contributed by atoms with Crippen molar-refractivity contribution in [1.82, 2.24) is 10.6 Å². The van der Waals surface area contributed by atoms with E-state index in [1.54, 1.807) is 0 Å². The second kappa shape index (κ2) is 7.88. The van der Waals surface area contributed by atoms with Crippen LogP contribution < -0.4 is 10.6 Å². The standard InChI is InChI=1S/C16H32N2O/c1-6-14(7-2)18-16(19)13(5)17-15-10-8-9-11(3)12(15)4/h11-15,17H,6-10H2,1-5H3,(H,18,19). The maximum absolute atomic E-state index is 12.2. The molecular formula is C16H32N2O. The van der Waals surface area contributed by atoms with Crippen molar-refractivity contribution >= 4 is 5.91 Å². The van der Waals surface area contributed by atoms with E-state index in [2.05, 4.69) is 38.3 Å². The summed E-state index contributed by atoms with van der Waals surface area (Å²) in [7, 11) is 0. The molecule has 19 heavy (non-hydrogen) atoms. The molecule has 0 bridgehead atoms. The third-order valence-corrected chi connectivity index (χ3v) is 4.90. The number of amides is 1. The van der Waals surface area contributed by atoms with Crippen LogP contribution >= 0.6 is 0 Å². The molecule has 1 rings (SSSR count). The highest BCUT2D eigenvalue weighted by molar-refractivity contribution is 5.81.